The molecule has 0 aromatic carbocycles. The molecule has 0 atom stereocenters. The van der Waals surface area contributed by atoms with Crippen LogP contribution in [0.2, 0.25) is 0 Å². The monoisotopic (exact) mass is 484 g/mol. The first-order valence-corrected chi connectivity index (χ1v) is 13.2. The lowest BCUT2D eigenvalue weighted by Gasteiger charge is -2.33. The van der Waals surface area contributed by atoms with E-state index in [2.05, 4.69) is 79.9 Å². The van der Waals surface area contributed by atoms with E-state index in [9.17, 15) is 9.59 Å². The predicted octanol–water partition coefficient (Wildman–Crippen LogP) is 5.74. The molecule has 0 bridgehead atoms. The zero-order valence-corrected chi connectivity index (χ0v) is 24.1. The number of hydrogen-bond donors (Lipinski definition) is 2. The van der Waals surface area contributed by atoms with Gasteiger partial charge in [-0.15, -0.1) is 0 Å². The predicted molar refractivity (Wildman–Crippen MR) is 142 cm³/mol. The molecule has 0 saturated carbocycles. The summed E-state index contributed by atoms with van der Waals surface area (Å²) < 4.78 is 11.0. The third-order valence-electron chi connectivity index (χ3n) is 5.89. The average molecular weight is 485 g/mol. The highest BCUT2D eigenvalue weighted by Gasteiger charge is 2.29. The lowest BCUT2D eigenvalue weighted by atomic mass is 9.74. The largest absolute Gasteiger partial charge is 0.465 e. The molecule has 0 spiro atoms. The second-order valence-corrected chi connectivity index (χ2v) is 13.4. The second-order valence-electron chi connectivity index (χ2n) is 13.4. The molecule has 0 aliphatic rings. The van der Waals surface area contributed by atoms with Crippen molar-refractivity contribution >= 4 is 11.9 Å². The third-order valence-corrected chi connectivity index (χ3v) is 5.89. The van der Waals surface area contributed by atoms with E-state index in [1.807, 2.05) is 0 Å². The van der Waals surface area contributed by atoms with Gasteiger partial charge in [0.05, 0.1) is 26.1 Å². The summed E-state index contributed by atoms with van der Waals surface area (Å²) >= 11 is 0. The Bertz CT molecular complexity index is 592. The van der Waals surface area contributed by atoms with Crippen LogP contribution < -0.4 is 10.6 Å². The van der Waals surface area contributed by atoms with Crippen LogP contribution in [0.25, 0.3) is 0 Å². The molecule has 0 saturated heterocycles. The maximum atomic E-state index is 12.0. The minimum absolute atomic E-state index is 0.0106. The molecule has 0 rings (SSSR count). The summed E-state index contributed by atoms with van der Waals surface area (Å²) in [6, 6.07) is 0. The van der Waals surface area contributed by atoms with E-state index in [0.29, 0.717) is 39.1 Å². The summed E-state index contributed by atoms with van der Waals surface area (Å²) in [7, 11) is 0. The molecule has 34 heavy (non-hydrogen) atoms. The molecule has 0 amide bonds. The molecule has 6 nitrogen and oxygen atoms in total. The molecule has 2 N–H and O–H groups in total. The van der Waals surface area contributed by atoms with Crippen LogP contribution in [0.5, 0.6) is 0 Å². The van der Waals surface area contributed by atoms with Gasteiger partial charge in [-0.1, -0.05) is 75.7 Å². The minimum Gasteiger partial charge on any atom is -0.465 e. The number of rotatable bonds is 18. The zero-order chi connectivity index (χ0) is 26.5. The molecule has 0 aliphatic heterocycles. The Morgan fingerprint density at radius 3 is 1.41 bits per heavy atom. The molecule has 0 aromatic heterocycles. The van der Waals surface area contributed by atoms with Gasteiger partial charge in [0.1, 0.15) is 0 Å². The number of hydrogen-bond acceptors (Lipinski definition) is 6. The van der Waals surface area contributed by atoms with Crippen molar-refractivity contribution in [1.29, 1.82) is 0 Å². The van der Waals surface area contributed by atoms with E-state index in [1.165, 1.54) is 0 Å². The highest BCUT2D eigenvalue weighted by Crippen LogP contribution is 2.36. The van der Waals surface area contributed by atoms with Crippen LogP contribution in [-0.4, -0.2) is 51.3 Å². The first-order valence-electron chi connectivity index (χ1n) is 13.2. The molecular formula is C28H56N2O4. The summed E-state index contributed by atoms with van der Waals surface area (Å²) in [5.74, 6) is -0.287. The van der Waals surface area contributed by atoms with Crippen LogP contribution in [0.1, 0.15) is 108 Å². The summed E-state index contributed by atoms with van der Waals surface area (Å²) in [5, 5.41) is 6.56. The van der Waals surface area contributed by atoms with Gasteiger partial charge in [0.25, 0.3) is 0 Å². The maximum Gasteiger partial charge on any atom is 0.307 e. The van der Waals surface area contributed by atoms with Gasteiger partial charge >= 0.3 is 11.9 Å². The first-order chi connectivity index (χ1) is 15.5. The van der Waals surface area contributed by atoms with E-state index < -0.39 is 0 Å². The van der Waals surface area contributed by atoms with Gasteiger partial charge in [0.2, 0.25) is 0 Å². The van der Waals surface area contributed by atoms with Crippen molar-refractivity contribution in [2.24, 2.45) is 21.7 Å². The average Bonchev–Trinajstić information content (AvgIpc) is 2.67. The van der Waals surface area contributed by atoms with Gasteiger partial charge in [0, 0.05) is 13.1 Å². The lowest BCUT2D eigenvalue weighted by Crippen LogP contribution is -2.29. The van der Waals surface area contributed by atoms with E-state index in [4.69, 9.17) is 9.47 Å². The Morgan fingerprint density at radius 2 is 1.03 bits per heavy atom. The van der Waals surface area contributed by atoms with Gasteiger partial charge in [-0.05, 0) is 54.0 Å². The molecule has 6 heteroatoms. The molecule has 0 aliphatic carbocycles. The fourth-order valence-corrected chi connectivity index (χ4v) is 4.62. The smallest absolute Gasteiger partial charge is 0.307 e. The Hall–Kier alpha value is -1.14. The van der Waals surface area contributed by atoms with Crippen molar-refractivity contribution in [2.75, 3.05) is 39.4 Å². The van der Waals surface area contributed by atoms with Gasteiger partial charge in [-0.2, -0.15) is 0 Å². The van der Waals surface area contributed by atoms with Crippen LogP contribution in [0.4, 0.5) is 0 Å². The number of esters is 2. The van der Waals surface area contributed by atoms with Gasteiger partial charge in [0.15, 0.2) is 0 Å². The van der Waals surface area contributed by atoms with Gasteiger partial charge in [-0.25, -0.2) is 0 Å². The Morgan fingerprint density at radius 1 is 0.618 bits per heavy atom. The van der Waals surface area contributed by atoms with Crippen molar-refractivity contribution in [2.45, 2.75) is 108 Å². The number of ether oxygens (including phenoxy) is 2. The summed E-state index contributed by atoms with van der Waals surface area (Å²) in [6.07, 6.45) is 4.85. The van der Waals surface area contributed by atoms with E-state index in [0.717, 1.165) is 38.8 Å². The maximum absolute atomic E-state index is 12.0. The summed E-state index contributed by atoms with van der Waals surface area (Å²) in [6.45, 7) is 25.8. The summed E-state index contributed by atoms with van der Waals surface area (Å²) in [5.41, 5.74) is 0.453. The Kier molecular flexibility index (Phi) is 14.6. The van der Waals surface area contributed by atoms with Crippen LogP contribution >= 0.6 is 0 Å². The standard InChI is InChI=1S/C28H56N2O4/c1-11-26(5,6)20-28(9,10)22-34-24(32)14-18-30-16-12-15-29-17-13-23(31)33-21-27(7,8)19-25(2,3)4/h29-30H,11-22H2,1-10H3. The van der Waals surface area contributed by atoms with Crippen LogP contribution in [0.15, 0.2) is 0 Å². The summed E-state index contributed by atoms with van der Waals surface area (Å²) in [4.78, 5) is 24.0. The van der Waals surface area contributed by atoms with E-state index in [1.54, 1.807) is 0 Å². The van der Waals surface area contributed by atoms with Crippen molar-refractivity contribution < 1.29 is 19.1 Å². The lowest BCUT2D eigenvalue weighted by molar-refractivity contribution is -0.148. The second kappa shape index (κ2) is 15.1. The van der Waals surface area contributed by atoms with Crippen molar-refractivity contribution in [3.8, 4) is 0 Å². The SMILES string of the molecule is CCC(C)(C)CC(C)(C)COC(=O)CCNCCCNCCC(=O)OCC(C)(C)CC(C)(C)C. The first kappa shape index (κ1) is 32.9. The topological polar surface area (TPSA) is 76.7 Å². The molecule has 0 heterocycles. The van der Waals surface area contributed by atoms with E-state index in [-0.39, 0.29) is 33.6 Å². The van der Waals surface area contributed by atoms with Crippen molar-refractivity contribution in [3.05, 3.63) is 0 Å². The van der Waals surface area contributed by atoms with Crippen LogP contribution in [0, 0.1) is 21.7 Å². The normalized spacial score (nSPS) is 13.1. The van der Waals surface area contributed by atoms with Gasteiger partial charge in [-0.3, -0.25) is 9.59 Å². The van der Waals surface area contributed by atoms with Crippen LogP contribution in [0.3, 0.4) is 0 Å². The molecule has 0 aromatic rings. The molecule has 0 fully saturated rings. The number of nitrogens with one attached hydrogen (secondary N) is 2. The molecular weight excluding hydrogens is 428 g/mol. The molecule has 0 radical (unpaired) electrons. The Labute approximate surface area is 210 Å². The zero-order valence-electron chi connectivity index (χ0n) is 24.1. The fourth-order valence-electron chi connectivity index (χ4n) is 4.62. The highest BCUT2D eigenvalue weighted by molar-refractivity contribution is 5.69. The van der Waals surface area contributed by atoms with E-state index >= 15 is 0 Å². The van der Waals surface area contributed by atoms with Crippen molar-refractivity contribution in [1.82, 2.24) is 10.6 Å². The van der Waals surface area contributed by atoms with Crippen LogP contribution in [-0.2, 0) is 19.1 Å². The molecule has 0 unspecified atom stereocenters. The van der Waals surface area contributed by atoms with Crippen molar-refractivity contribution in [3.63, 3.8) is 0 Å². The Balaban J connectivity index is 3.75. The number of carbonyl (C=O) groups excluding carboxylic acids is 2. The molecule has 202 valence electrons. The minimum atomic E-state index is -0.146. The highest BCUT2D eigenvalue weighted by atomic mass is 16.5. The quantitative estimate of drug-likeness (QED) is 0.191. The fraction of sp³-hybridized carbons (Fsp3) is 0.929. The van der Waals surface area contributed by atoms with Gasteiger partial charge < -0.3 is 20.1 Å². The number of carbonyl (C=O) groups is 2. The third kappa shape index (κ3) is 19.2.